The molecule has 0 spiro atoms. The van der Waals surface area contributed by atoms with Gasteiger partial charge in [-0.1, -0.05) is 0 Å². The number of aryl methyl sites for hydroxylation is 1. The summed E-state index contributed by atoms with van der Waals surface area (Å²) in [6, 6.07) is 0.633. The number of hydrogen-bond donors (Lipinski definition) is 1. The molecule has 2 aliphatic heterocycles. The third kappa shape index (κ3) is 2.77. The number of rotatable bonds is 3. The van der Waals surface area contributed by atoms with Crippen LogP contribution in [0.2, 0.25) is 0 Å². The highest BCUT2D eigenvalue weighted by molar-refractivity contribution is 5.13. The van der Waals surface area contributed by atoms with E-state index in [1.54, 1.807) is 0 Å². The molecule has 0 aliphatic carbocycles. The van der Waals surface area contributed by atoms with Gasteiger partial charge in [-0.2, -0.15) is 0 Å². The molecule has 4 nitrogen and oxygen atoms in total. The largest absolute Gasteiger partial charge is 0.396 e. The number of aliphatic hydroxyl groups excluding tert-OH is 1. The molecule has 0 aromatic carbocycles. The van der Waals surface area contributed by atoms with Gasteiger partial charge >= 0.3 is 0 Å². The Bertz CT molecular complexity index is 455. The van der Waals surface area contributed by atoms with E-state index in [1.807, 2.05) is 0 Å². The number of fused-ring (bicyclic) bond motifs is 1. The maximum absolute atomic E-state index is 9.33. The molecule has 1 N–H and O–H groups in total. The summed E-state index contributed by atoms with van der Waals surface area (Å²) < 4.78 is 2.29. The molecule has 3 rings (SSSR count). The van der Waals surface area contributed by atoms with Gasteiger partial charge in [-0.25, -0.2) is 4.98 Å². The number of imidazole rings is 1. The molecule has 1 aromatic rings. The number of nitrogens with zero attached hydrogens (tertiary/aromatic N) is 3. The first-order valence-electron chi connectivity index (χ1n) is 8.08. The van der Waals surface area contributed by atoms with Crippen LogP contribution in [-0.2, 0) is 13.0 Å². The fourth-order valence-electron chi connectivity index (χ4n) is 3.60. The molecule has 1 aromatic heterocycles. The van der Waals surface area contributed by atoms with Gasteiger partial charge in [0.25, 0.3) is 0 Å². The van der Waals surface area contributed by atoms with Crippen LogP contribution in [0.1, 0.15) is 50.5 Å². The predicted molar refractivity (Wildman–Crippen MR) is 79.8 cm³/mol. The molecule has 2 unspecified atom stereocenters. The average molecular weight is 277 g/mol. The van der Waals surface area contributed by atoms with Crippen LogP contribution in [0.25, 0.3) is 0 Å². The third-order valence-corrected chi connectivity index (χ3v) is 4.97. The van der Waals surface area contributed by atoms with Crippen molar-refractivity contribution in [3.05, 3.63) is 17.7 Å². The normalized spacial score (nSPS) is 27.8. The Kier molecular flexibility index (Phi) is 4.13. The van der Waals surface area contributed by atoms with Crippen molar-refractivity contribution in [2.24, 2.45) is 5.92 Å². The first-order chi connectivity index (χ1) is 9.67. The van der Waals surface area contributed by atoms with E-state index in [2.05, 4.69) is 29.5 Å². The molecule has 0 bridgehead atoms. The Balaban J connectivity index is 1.73. The number of aromatic nitrogens is 2. The standard InChI is InChI=1S/C16H27N3O/c1-12(2)18-7-3-4-14(9-18)15-10-19-8-13(11-20)5-6-16(19)17-15/h10,12-14,20H,3-9,11H2,1-2H3. The van der Waals surface area contributed by atoms with Crippen LogP contribution in [0.4, 0.5) is 0 Å². The van der Waals surface area contributed by atoms with Crippen LogP contribution in [0.5, 0.6) is 0 Å². The van der Waals surface area contributed by atoms with Gasteiger partial charge in [0.2, 0.25) is 0 Å². The Hall–Kier alpha value is -0.870. The van der Waals surface area contributed by atoms with Crippen molar-refractivity contribution in [3.8, 4) is 0 Å². The van der Waals surface area contributed by atoms with E-state index in [9.17, 15) is 5.11 Å². The highest BCUT2D eigenvalue weighted by Crippen LogP contribution is 2.29. The van der Waals surface area contributed by atoms with E-state index in [1.165, 1.54) is 30.9 Å². The van der Waals surface area contributed by atoms with E-state index >= 15 is 0 Å². The molecule has 0 radical (unpaired) electrons. The van der Waals surface area contributed by atoms with Crippen LogP contribution < -0.4 is 0 Å². The summed E-state index contributed by atoms with van der Waals surface area (Å²) in [5, 5.41) is 9.33. The quantitative estimate of drug-likeness (QED) is 0.919. The van der Waals surface area contributed by atoms with Gasteiger partial charge in [0.05, 0.1) is 5.69 Å². The highest BCUT2D eigenvalue weighted by atomic mass is 16.3. The van der Waals surface area contributed by atoms with Crippen LogP contribution >= 0.6 is 0 Å². The lowest BCUT2D eigenvalue weighted by atomic mass is 9.94. The van der Waals surface area contributed by atoms with E-state index in [0.29, 0.717) is 24.5 Å². The number of piperidine rings is 1. The van der Waals surface area contributed by atoms with E-state index in [4.69, 9.17) is 4.98 Å². The minimum absolute atomic E-state index is 0.303. The summed E-state index contributed by atoms with van der Waals surface area (Å²) in [6.07, 6.45) is 6.90. The average Bonchev–Trinajstić information content (AvgIpc) is 2.90. The molecule has 20 heavy (non-hydrogen) atoms. The van der Waals surface area contributed by atoms with Gasteiger partial charge < -0.3 is 14.6 Å². The molecule has 1 saturated heterocycles. The summed E-state index contributed by atoms with van der Waals surface area (Å²) in [5.74, 6) is 2.24. The van der Waals surface area contributed by atoms with Crippen molar-refractivity contribution in [1.82, 2.24) is 14.5 Å². The van der Waals surface area contributed by atoms with E-state index in [-0.39, 0.29) is 0 Å². The Morgan fingerprint density at radius 1 is 1.35 bits per heavy atom. The zero-order valence-corrected chi connectivity index (χ0v) is 12.8. The zero-order chi connectivity index (χ0) is 14.1. The monoisotopic (exact) mass is 277 g/mol. The van der Waals surface area contributed by atoms with Crippen molar-refractivity contribution in [3.63, 3.8) is 0 Å². The second-order valence-corrected chi connectivity index (χ2v) is 6.75. The number of likely N-dealkylation sites (tertiary alicyclic amines) is 1. The Morgan fingerprint density at radius 3 is 2.95 bits per heavy atom. The SMILES string of the molecule is CC(C)N1CCCC(c2cn3c(n2)CCC(CO)C3)C1. The summed E-state index contributed by atoms with van der Waals surface area (Å²) in [4.78, 5) is 7.46. The van der Waals surface area contributed by atoms with Crippen molar-refractivity contribution >= 4 is 0 Å². The lowest BCUT2D eigenvalue weighted by Gasteiger charge is -2.34. The minimum Gasteiger partial charge on any atom is -0.396 e. The fourth-order valence-corrected chi connectivity index (χ4v) is 3.60. The molecule has 0 saturated carbocycles. The van der Waals surface area contributed by atoms with Crippen LogP contribution in [0, 0.1) is 5.92 Å². The number of aliphatic hydroxyl groups is 1. The van der Waals surface area contributed by atoms with Crippen molar-refractivity contribution < 1.29 is 5.11 Å². The van der Waals surface area contributed by atoms with E-state index < -0.39 is 0 Å². The zero-order valence-electron chi connectivity index (χ0n) is 12.8. The van der Waals surface area contributed by atoms with E-state index in [0.717, 1.165) is 25.9 Å². The third-order valence-electron chi connectivity index (χ3n) is 4.97. The number of hydrogen-bond acceptors (Lipinski definition) is 3. The summed E-state index contributed by atoms with van der Waals surface area (Å²) >= 11 is 0. The van der Waals surface area contributed by atoms with Crippen molar-refractivity contribution in [2.75, 3.05) is 19.7 Å². The molecule has 0 amide bonds. The van der Waals surface area contributed by atoms with Gasteiger partial charge in [0.15, 0.2) is 0 Å². The molecule has 3 heterocycles. The maximum atomic E-state index is 9.33. The molecule has 4 heteroatoms. The summed E-state index contributed by atoms with van der Waals surface area (Å²) in [5.41, 5.74) is 1.28. The topological polar surface area (TPSA) is 41.3 Å². The van der Waals surface area contributed by atoms with Crippen LogP contribution in [0.3, 0.4) is 0 Å². The smallest absolute Gasteiger partial charge is 0.108 e. The van der Waals surface area contributed by atoms with Gasteiger partial charge in [-0.05, 0) is 39.7 Å². The van der Waals surface area contributed by atoms with Crippen molar-refractivity contribution in [2.45, 2.75) is 58.0 Å². The molecule has 112 valence electrons. The lowest BCUT2D eigenvalue weighted by molar-refractivity contribution is 0.166. The second kappa shape index (κ2) is 5.86. The highest BCUT2D eigenvalue weighted by Gasteiger charge is 2.27. The molecule has 1 fully saturated rings. The summed E-state index contributed by atoms with van der Waals surface area (Å²) in [7, 11) is 0. The predicted octanol–water partition coefficient (Wildman–Crippen LogP) is 2.03. The van der Waals surface area contributed by atoms with Gasteiger partial charge in [-0.3, -0.25) is 0 Å². The van der Waals surface area contributed by atoms with Crippen molar-refractivity contribution in [1.29, 1.82) is 0 Å². The summed E-state index contributed by atoms with van der Waals surface area (Å²) in [6.45, 7) is 8.20. The first-order valence-corrected chi connectivity index (χ1v) is 8.08. The lowest BCUT2D eigenvalue weighted by Crippen LogP contribution is -2.39. The Labute approximate surface area is 121 Å². The molecular formula is C16H27N3O. The first kappa shape index (κ1) is 14.1. The van der Waals surface area contributed by atoms with Gasteiger partial charge in [-0.15, -0.1) is 0 Å². The van der Waals surface area contributed by atoms with Crippen LogP contribution in [0.15, 0.2) is 6.20 Å². The van der Waals surface area contributed by atoms with Gasteiger partial charge in [0.1, 0.15) is 5.82 Å². The van der Waals surface area contributed by atoms with Crippen LogP contribution in [-0.4, -0.2) is 45.3 Å². The van der Waals surface area contributed by atoms with Gasteiger partial charge in [0, 0.05) is 50.2 Å². The maximum Gasteiger partial charge on any atom is 0.108 e. The molecular weight excluding hydrogens is 250 g/mol. The Morgan fingerprint density at radius 2 is 2.20 bits per heavy atom. The fraction of sp³-hybridized carbons (Fsp3) is 0.812. The molecule has 2 aliphatic rings. The minimum atomic E-state index is 0.303. The molecule has 2 atom stereocenters. The second-order valence-electron chi connectivity index (χ2n) is 6.75.